The van der Waals surface area contributed by atoms with Gasteiger partial charge in [-0.3, -0.25) is 0 Å². The highest BCUT2D eigenvalue weighted by Crippen LogP contribution is 2.58. The summed E-state index contributed by atoms with van der Waals surface area (Å²) in [6.45, 7) is 12.6. The normalized spacial score (nSPS) is 12.5. The first kappa shape index (κ1) is 38.3. The van der Waals surface area contributed by atoms with Gasteiger partial charge >= 0.3 is 0 Å². The Morgan fingerprint density at radius 3 is 1.59 bits per heavy atom. The van der Waals surface area contributed by atoms with Crippen LogP contribution in [0.4, 0.5) is 0 Å². The van der Waals surface area contributed by atoms with Gasteiger partial charge in [0.25, 0.3) is 0 Å². The Balaban J connectivity index is 0.00000139. The number of fused-ring (bicyclic) bond motifs is 3. The number of hydrogen-bond donors (Lipinski definition) is 0. The summed E-state index contributed by atoms with van der Waals surface area (Å²) in [6.07, 6.45) is 16.0. The highest BCUT2D eigenvalue weighted by atomic mass is 79.9. The molecule has 1 aliphatic carbocycles. The smallest absolute Gasteiger partial charge is 0.0683 e. The van der Waals surface area contributed by atoms with Crippen LogP contribution in [-0.2, 0) is 11.8 Å². The van der Waals surface area contributed by atoms with Crippen molar-refractivity contribution in [2.75, 3.05) is 0 Å². The van der Waals surface area contributed by atoms with Crippen molar-refractivity contribution in [1.29, 1.82) is 0 Å². The molecule has 5 rings (SSSR count). The van der Waals surface area contributed by atoms with E-state index in [1.807, 2.05) is 27.7 Å². The third kappa shape index (κ3) is 9.04. The average Bonchev–Trinajstić information content (AvgIpc) is 3.39. The second kappa shape index (κ2) is 20.3. The molecule has 0 saturated heterocycles. The summed E-state index contributed by atoms with van der Waals surface area (Å²) in [7, 11) is 0. The van der Waals surface area contributed by atoms with Gasteiger partial charge in [-0.05, 0) is 82.0 Å². The summed E-state index contributed by atoms with van der Waals surface area (Å²) >= 11 is 7.84. The predicted octanol–water partition coefficient (Wildman–Crippen LogP) is 15.1. The molecule has 0 saturated carbocycles. The van der Waals surface area contributed by atoms with E-state index in [9.17, 15) is 0 Å². The van der Waals surface area contributed by atoms with Gasteiger partial charge in [-0.15, -0.1) is 0 Å². The van der Waals surface area contributed by atoms with Gasteiger partial charge in [-0.2, -0.15) is 0 Å². The minimum atomic E-state index is -0.366. The fraction of sp³-hybridized carbons (Fsp3) is 0.455. The highest BCUT2D eigenvalue weighted by Gasteiger charge is 2.47. The average molecular weight is 747 g/mol. The number of unbranched alkanes of at least 4 members (excludes halogenated alkanes) is 6. The molecule has 0 aromatic heterocycles. The van der Waals surface area contributed by atoms with E-state index < -0.39 is 0 Å². The van der Waals surface area contributed by atoms with Gasteiger partial charge in [-0.25, -0.2) is 0 Å². The predicted molar refractivity (Wildman–Crippen MR) is 211 cm³/mol. The summed E-state index contributed by atoms with van der Waals surface area (Å²) in [6, 6.07) is 34.1. The van der Waals surface area contributed by atoms with Crippen LogP contribution in [0, 0.1) is 5.92 Å². The van der Waals surface area contributed by atoms with Crippen LogP contribution in [-0.4, -0.2) is 0 Å². The van der Waals surface area contributed by atoms with E-state index in [0.717, 1.165) is 16.8 Å². The molecule has 1 aliphatic rings. The molecule has 0 radical (unpaired) electrons. The Morgan fingerprint density at radius 1 is 0.543 bits per heavy atom. The minimum absolute atomic E-state index is 0.366. The molecule has 2 heteroatoms. The maximum atomic E-state index is 3.99. The third-order valence-electron chi connectivity index (χ3n) is 9.41. The number of rotatable bonds is 15. The van der Waals surface area contributed by atoms with Gasteiger partial charge in [-0.1, -0.05) is 204 Å². The van der Waals surface area contributed by atoms with Crippen molar-refractivity contribution in [3.8, 4) is 11.1 Å². The van der Waals surface area contributed by atoms with Crippen LogP contribution in [0.15, 0.2) is 99.9 Å². The second-order valence-electron chi connectivity index (χ2n) is 12.3. The number of halogens is 2. The largest absolute Gasteiger partial charge is 0.0714 e. The number of benzene rings is 4. The zero-order valence-corrected chi connectivity index (χ0v) is 32.7. The minimum Gasteiger partial charge on any atom is -0.0683 e. The molecule has 0 aliphatic heterocycles. The van der Waals surface area contributed by atoms with Gasteiger partial charge in [0.15, 0.2) is 0 Å². The first-order valence-electron chi connectivity index (χ1n) is 18.3. The summed E-state index contributed by atoms with van der Waals surface area (Å²) in [4.78, 5) is 0. The van der Waals surface area contributed by atoms with Crippen molar-refractivity contribution in [3.63, 3.8) is 0 Å². The molecule has 4 aromatic carbocycles. The van der Waals surface area contributed by atoms with Crippen LogP contribution in [0.5, 0.6) is 0 Å². The summed E-state index contributed by atoms with van der Waals surface area (Å²) in [5.74, 6) is 0.812. The van der Waals surface area contributed by atoms with Gasteiger partial charge in [0.2, 0.25) is 0 Å². The molecule has 0 amide bonds. The van der Waals surface area contributed by atoms with Crippen molar-refractivity contribution < 1.29 is 0 Å². The quantitative estimate of drug-likeness (QED) is 0.0936. The van der Waals surface area contributed by atoms with E-state index in [2.05, 4.69) is 137 Å². The van der Waals surface area contributed by atoms with Crippen molar-refractivity contribution in [2.24, 2.45) is 5.92 Å². The summed E-state index contributed by atoms with van der Waals surface area (Å²) < 4.78 is 2.31. The van der Waals surface area contributed by atoms with Gasteiger partial charge < -0.3 is 0 Å². The first-order valence-corrected chi connectivity index (χ1v) is 19.9. The first-order chi connectivity index (χ1) is 22.6. The lowest BCUT2D eigenvalue weighted by atomic mass is 9.67. The Morgan fingerprint density at radius 2 is 1.07 bits per heavy atom. The lowest BCUT2D eigenvalue weighted by Crippen LogP contribution is -2.28. The van der Waals surface area contributed by atoms with Crippen molar-refractivity contribution in [1.82, 2.24) is 0 Å². The molecule has 0 unspecified atom stereocenters. The van der Waals surface area contributed by atoms with E-state index in [1.165, 1.54) is 114 Å². The standard InChI is InChI=1S/C40H46Br2.2C2H6/c1-3-5-7-11-17-30(18-12-8-6-4-2)23-24-31-27-35(42)29-38-39(31)36-26-25-34(41)28-37(36)40(38,32-19-13-9-14-20-32)33-21-15-10-16-22-33;2*1-2/h9-10,13-16,19-22,25-30H,3-8,11-12,17-18,23-24H2,1-2H3;2*1-2H3. The monoisotopic (exact) mass is 744 g/mol. The molecule has 0 nitrogen and oxygen atoms in total. The molecule has 0 spiro atoms. The second-order valence-corrected chi connectivity index (χ2v) is 14.1. The molecule has 0 heterocycles. The molecule has 248 valence electrons. The van der Waals surface area contributed by atoms with E-state index in [0.29, 0.717) is 0 Å². The highest BCUT2D eigenvalue weighted by molar-refractivity contribution is 9.10. The summed E-state index contributed by atoms with van der Waals surface area (Å²) in [5, 5.41) is 0. The van der Waals surface area contributed by atoms with Gasteiger partial charge in [0.1, 0.15) is 0 Å². The number of hydrogen-bond acceptors (Lipinski definition) is 0. The Hall–Kier alpha value is -2.16. The molecule has 0 bridgehead atoms. The van der Waals surface area contributed by atoms with E-state index in [-0.39, 0.29) is 5.41 Å². The zero-order chi connectivity index (χ0) is 33.4. The topological polar surface area (TPSA) is 0 Å². The Labute approximate surface area is 299 Å². The molecule has 46 heavy (non-hydrogen) atoms. The van der Waals surface area contributed by atoms with Crippen LogP contribution in [0.1, 0.15) is 140 Å². The number of aryl methyl sites for hydroxylation is 1. The molecular formula is C44H58Br2. The van der Waals surface area contributed by atoms with Crippen molar-refractivity contribution in [2.45, 2.75) is 124 Å². The van der Waals surface area contributed by atoms with Crippen molar-refractivity contribution >= 4 is 31.9 Å². The van der Waals surface area contributed by atoms with Crippen LogP contribution < -0.4 is 0 Å². The SMILES string of the molecule is CC.CC.CCCCCCC(CCCCCC)CCc1cc(Br)cc2c1-c1ccc(Br)cc1C2(c1ccccc1)c1ccccc1. The maximum absolute atomic E-state index is 3.99. The lowest BCUT2D eigenvalue weighted by molar-refractivity contribution is 0.383. The van der Waals surface area contributed by atoms with Crippen molar-refractivity contribution in [3.05, 3.63) is 128 Å². The maximum Gasteiger partial charge on any atom is 0.0714 e. The van der Waals surface area contributed by atoms with Crippen LogP contribution in [0.3, 0.4) is 0 Å². The van der Waals surface area contributed by atoms with Gasteiger partial charge in [0, 0.05) is 8.95 Å². The Kier molecular flexibility index (Phi) is 16.9. The Bertz CT molecular complexity index is 1370. The third-order valence-corrected chi connectivity index (χ3v) is 10.4. The molecule has 0 fully saturated rings. The van der Waals surface area contributed by atoms with E-state index in [4.69, 9.17) is 0 Å². The molecule has 0 N–H and O–H groups in total. The fourth-order valence-corrected chi connectivity index (χ4v) is 8.21. The van der Waals surface area contributed by atoms with Crippen LogP contribution in [0.2, 0.25) is 0 Å². The van der Waals surface area contributed by atoms with E-state index >= 15 is 0 Å². The van der Waals surface area contributed by atoms with Crippen LogP contribution in [0.25, 0.3) is 11.1 Å². The molecule has 4 aromatic rings. The molecular weight excluding hydrogens is 688 g/mol. The molecule has 0 atom stereocenters. The van der Waals surface area contributed by atoms with Crippen LogP contribution >= 0.6 is 31.9 Å². The zero-order valence-electron chi connectivity index (χ0n) is 29.5. The summed E-state index contributed by atoms with van der Waals surface area (Å²) in [5.41, 5.74) is 9.37. The fourth-order valence-electron chi connectivity index (χ4n) is 7.34. The van der Waals surface area contributed by atoms with E-state index in [1.54, 1.807) is 0 Å². The van der Waals surface area contributed by atoms with Gasteiger partial charge in [0.05, 0.1) is 5.41 Å². The lowest BCUT2D eigenvalue weighted by Gasteiger charge is -2.34.